The van der Waals surface area contributed by atoms with Crippen LogP contribution in [0.2, 0.25) is 0 Å². The highest BCUT2D eigenvalue weighted by Crippen LogP contribution is 2.57. The van der Waals surface area contributed by atoms with Gasteiger partial charge >= 0.3 is 0 Å². The predicted octanol–water partition coefficient (Wildman–Crippen LogP) is 6.97. The summed E-state index contributed by atoms with van der Waals surface area (Å²) in [6.45, 7) is 18.0. The third-order valence-corrected chi connectivity index (χ3v) is 9.44. The second-order valence-electron chi connectivity index (χ2n) is 11.3. The molecule has 0 amide bonds. The molecule has 0 aromatic rings. The third kappa shape index (κ3) is 4.59. The molecule has 3 fully saturated rings. The van der Waals surface area contributed by atoms with Crippen LogP contribution in [0.3, 0.4) is 0 Å². The van der Waals surface area contributed by atoms with E-state index in [2.05, 4.69) is 53.5 Å². The first-order valence-corrected chi connectivity index (χ1v) is 12.6. The van der Waals surface area contributed by atoms with Crippen LogP contribution in [0.4, 0.5) is 0 Å². The summed E-state index contributed by atoms with van der Waals surface area (Å²) in [4.78, 5) is 2.58. The van der Waals surface area contributed by atoms with Gasteiger partial charge in [0.15, 0.2) is 0 Å². The Morgan fingerprint density at radius 3 is 1.74 bits per heavy atom. The van der Waals surface area contributed by atoms with Gasteiger partial charge in [0.2, 0.25) is 0 Å². The molecule has 5 atom stereocenters. The van der Waals surface area contributed by atoms with E-state index in [0.29, 0.717) is 0 Å². The van der Waals surface area contributed by atoms with Crippen LogP contribution < -0.4 is 0 Å². The van der Waals surface area contributed by atoms with E-state index in [1.807, 2.05) is 0 Å². The molecule has 0 radical (unpaired) electrons. The molecule has 0 unspecified atom stereocenters. The molecular formula is C26H49N. The highest BCUT2D eigenvalue weighted by Gasteiger charge is 2.51. The lowest BCUT2D eigenvalue weighted by Gasteiger charge is -2.53. The Morgan fingerprint density at radius 2 is 1.37 bits per heavy atom. The SMILES string of the molecule is CCC(CC)[C@H]([C@@H](C1CC1)[C@@H](C1CN(C)C1)[C@@H](C)C1CCC1)[C@@H](C)C(C)C. The lowest BCUT2D eigenvalue weighted by molar-refractivity contribution is -0.0527. The van der Waals surface area contributed by atoms with Crippen LogP contribution in [0, 0.1) is 59.2 Å². The molecule has 1 saturated heterocycles. The summed E-state index contributed by atoms with van der Waals surface area (Å²) in [7, 11) is 2.34. The average molecular weight is 376 g/mol. The number of likely N-dealkylation sites (tertiary alicyclic amines) is 1. The number of nitrogens with zero attached hydrogens (tertiary/aromatic N) is 1. The zero-order chi connectivity index (χ0) is 19.7. The van der Waals surface area contributed by atoms with Crippen LogP contribution in [0.25, 0.3) is 0 Å². The van der Waals surface area contributed by atoms with Gasteiger partial charge in [0.25, 0.3) is 0 Å². The highest BCUT2D eigenvalue weighted by molar-refractivity contribution is 5.01. The standard InChI is InChI=1S/C26H49N/c1-8-20(9-2)24(18(5)17(3)4)26(22-13-14-22)25(23-15-27(7)16-23)19(6)21-11-10-12-21/h17-26H,8-16H2,1-7H3/t18-,19-,24+,25+,26+/m0/s1. The van der Waals surface area contributed by atoms with Gasteiger partial charge in [-0.25, -0.2) is 0 Å². The summed E-state index contributed by atoms with van der Waals surface area (Å²) >= 11 is 0. The molecule has 1 heterocycles. The van der Waals surface area contributed by atoms with E-state index in [0.717, 1.165) is 59.2 Å². The first-order chi connectivity index (χ1) is 12.9. The molecule has 0 spiro atoms. The van der Waals surface area contributed by atoms with Crippen molar-refractivity contribution < 1.29 is 0 Å². The fourth-order valence-electron chi connectivity index (χ4n) is 7.10. The maximum Gasteiger partial charge on any atom is 0.00218 e. The Kier molecular flexibility index (Phi) is 7.37. The van der Waals surface area contributed by atoms with Crippen molar-refractivity contribution >= 4 is 0 Å². The van der Waals surface area contributed by atoms with Crippen molar-refractivity contribution in [1.82, 2.24) is 4.90 Å². The van der Waals surface area contributed by atoms with Crippen molar-refractivity contribution in [2.24, 2.45) is 59.2 Å². The van der Waals surface area contributed by atoms with Crippen molar-refractivity contribution in [3.05, 3.63) is 0 Å². The number of hydrogen-bond acceptors (Lipinski definition) is 1. The topological polar surface area (TPSA) is 3.24 Å². The Morgan fingerprint density at radius 1 is 0.778 bits per heavy atom. The highest BCUT2D eigenvalue weighted by atomic mass is 15.2. The van der Waals surface area contributed by atoms with Gasteiger partial charge in [-0.1, -0.05) is 73.6 Å². The molecule has 0 aromatic carbocycles. The Balaban J connectivity index is 1.92. The summed E-state index contributed by atoms with van der Waals surface area (Å²) < 4.78 is 0. The van der Waals surface area contributed by atoms with E-state index in [9.17, 15) is 0 Å². The van der Waals surface area contributed by atoms with Crippen LogP contribution >= 0.6 is 0 Å². The van der Waals surface area contributed by atoms with Crippen LogP contribution in [0.1, 0.15) is 86.5 Å². The molecule has 27 heavy (non-hydrogen) atoms. The van der Waals surface area contributed by atoms with Crippen molar-refractivity contribution in [3.8, 4) is 0 Å². The van der Waals surface area contributed by atoms with Crippen LogP contribution in [-0.4, -0.2) is 25.0 Å². The van der Waals surface area contributed by atoms with Gasteiger partial charge < -0.3 is 4.90 Å². The first-order valence-electron chi connectivity index (χ1n) is 12.6. The van der Waals surface area contributed by atoms with E-state index < -0.39 is 0 Å². The molecule has 0 N–H and O–H groups in total. The normalized spacial score (nSPS) is 27.9. The molecule has 3 rings (SSSR count). The monoisotopic (exact) mass is 375 g/mol. The molecule has 0 bridgehead atoms. The number of rotatable bonds is 11. The van der Waals surface area contributed by atoms with Gasteiger partial charge in [-0.05, 0) is 79.1 Å². The van der Waals surface area contributed by atoms with Crippen molar-refractivity contribution in [3.63, 3.8) is 0 Å². The summed E-state index contributed by atoms with van der Waals surface area (Å²) in [5, 5.41) is 0. The van der Waals surface area contributed by atoms with E-state index in [-0.39, 0.29) is 0 Å². The molecule has 1 aliphatic heterocycles. The fourth-order valence-corrected chi connectivity index (χ4v) is 7.10. The minimum atomic E-state index is 0.820. The predicted molar refractivity (Wildman–Crippen MR) is 119 cm³/mol. The van der Waals surface area contributed by atoms with Crippen molar-refractivity contribution in [2.45, 2.75) is 86.5 Å². The lowest BCUT2D eigenvalue weighted by Crippen LogP contribution is -2.54. The summed E-state index contributed by atoms with van der Waals surface area (Å²) in [5.41, 5.74) is 0. The van der Waals surface area contributed by atoms with E-state index in [4.69, 9.17) is 0 Å². The average Bonchev–Trinajstić information content (AvgIpc) is 3.38. The molecule has 0 aromatic heterocycles. The number of hydrogen-bond donors (Lipinski definition) is 0. The quantitative estimate of drug-likeness (QED) is 0.377. The minimum absolute atomic E-state index is 0.820. The van der Waals surface area contributed by atoms with Gasteiger partial charge in [-0.3, -0.25) is 0 Å². The first kappa shape index (κ1) is 21.7. The summed E-state index contributed by atoms with van der Waals surface area (Å²) in [5.74, 6) is 9.59. The summed E-state index contributed by atoms with van der Waals surface area (Å²) in [6.07, 6.45) is 10.4. The third-order valence-electron chi connectivity index (χ3n) is 9.44. The maximum atomic E-state index is 2.67. The Bertz CT molecular complexity index is 437. The molecule has 2 saturated carbocycles. The minimum Gasteiger partial charge on any atom is -0.306 e. The van der Waals surface area contributed by atoms with E-state index in [1.165, 1.54) is 58.0 Å². The summed E-state index contributed by atoms with van der Waals surface area (Å²) in [6, 6.07) is 0. The van der Waals surface area contributed by atoms with Crippen molar-refractivity contribution in [2.75, 3.05) is 20.1 Å². The smallest absolute Gasteiger partial charge is 0.00218 e. The van der Waals surface area contributed by atoms with Crippen LogP contribution in [-0.2, 0) is 0 Å². The second-order valence-corrected chi connectivity index (χ2v) is 11.3. The molecule has 158 valence electrons. The van der Waals surface area contributed by atoms with Gasteiger partial charge in [0.1, 0.15) is 0 Å². The molecule has 1 heteroatoms. The van der Waals surface area contributed by atoms with Crippen molar-refractivity contribution in [1.29, 1.82) is 0 Å². The Hall–Kier alpha value is -0.0400. The van der Waals surface area contributed by atoms with E-state index in [1.54, 1.807) is 0 Å². The molecule has 1 nitrogen and oxygen atoms in total. The molecular weight excluding hydrogens is 326 g/mol. The molecule has 3 aliphatic rings. The Labute approximate surface area is 171 Å². The van der Waals surface area contributed by atoms with Crippen LogP contribution in [0.5, 0.6) is 0 Å². The van der Waals surface area contributed by atoms with Gasteiger partial charge in [0.05, 0.1) is 0 Å². The molecule has 2 aliphatic carbocycles. The largest absolute Gasteiger partial charge is 0.306 e. The fraction of sp³-hybridized carbons (Fsp3) is 1.00. The van der Waals surface area contributed by atoms with Crippen LogP contribution in [0.15, 0.2) is 0 Å². The lowest BCUT2D eigenvalue weighted by atomic mass is 9.55. The van der Waals surface area contributed by atoms with Gasteiger partial charge in [-0.15, -0.1) is 0 Å². The second kappa shape index (κ2) is 9.19. The van der Waals surface area contributed by atoms with Gasteiger partial charge in [0, 0.05) is 13.1 Å². The van der Waals surface area contributed by atoms with E-state index >= 15 is 0 Å². The zero-order valence-electron chi connectivity index (χ0n) is 19.6. The maximum absolute atomic E-state index is 2.67. The zero-order valence-corrected chi connectivity index (χ0v) is 19.6. The van der Waals surface area contributed by atoms with Gasteiger partial charge in [-0.2, -0.15) is 0 Å².